The highest BCUT2D eigenvalue weighted by molar-refractivity contribution is 9.10. The Labute approximate surface area is 158 Å². The predicted octanol–water partition coefficient (Wildman–Crippen LogP) is 4.79. The standard InChI is InChI=1S/C17H22BrF3NO2Si/c1-13(2,3)17(24-25)15(5,18)14(4,23-22(17)6)11-7-9-12(10-8-11)16(19,20)21/h7-10H,1-6H3. The van der Waals surface area contributed by atoms with Crippen LogP contribution in [0.4, 0.5) is 13.2 Å². The number of nitrogens with zero attached hydrogens (tertiary/aromatic N) is 1. The van der Waals surface area contributed by atoms with Crippen LogP contribution in [-0.2, 0) is 21.0 Å². The molecule has 0 aliphatic carbocycles. The molecular formula is C17H22BrF3NO2Si. The van der Waals surface area contributed by atoms with Crippen LogP contribution < -0.4 is 0 Å². The Bertz CT molecular complexity index is 645. The third kappa shape index (κ3) is 2.81. The van der Waals surface area contributed by atoms with E-state index in [-0.39, 0.29) is 0 Å². The van der Waals surface area contributed by atoms with Crippen LogP contribution in [0.15, 0.2) is 24.3 Å². The zero-order valence-electron chi connectivity index (χ0n) is 15.1. The SMILES string of the molecule is CN1OC(C)(c2ccc(C(F)(F)F)cc2)C(C)(Br)C1(O[Si])C(C)(C)C. The van der Waals surface area contributed by atoms with E-state index in [9.17, 15) is 13.2 Å². The van der Waals surface area contributed by atoms with E-state index in [1.165, 1.54) is 12.1 Å². The molecule has 1 saturated heterocycles. The maximum absolute atomic E-state index is 12.9. The van der Waals surface area contributed by atoms with Gasteiger partial charge < -0.3 is 4.43 Å². The first-order valence-corrected chi connectivity index (χ1v) is 8.99. The van der Waals surface area contributed by atoms with Crippen molar-refractivity contribution in [3.8, 4) is 0 Å². The first-order valence-electron chi connectivity index (χ1n) is 7.79. The monoisotopic (exact) mass is 436 g/mol. The molecule has 0 spiro atoms. The lowest BCUT2D eigenvalue weighted by atomic mass is 9.69. The Morgan fingerprint density at radius 2 is 1.60 bits per heavy atom. The van der Waals surface area contributed by atoms with E-state index in [1.807, 2.05) is 34.6 Å². The van der Waals surface area contributed by atoms with Crippen molar-refractivity contribution < 1.29 is 22.4 Å². The number of alkyl halides is 4. The highest BCUT2D eigenvalue weighted by Crippen LogP contribution is 2.62. The van der Waals surface area contributed by atoms with Crippen LogP contribution in [0.25, 0.3) is 0 Å². The first-order chi connectivity index (χ1) is 11.1. The van der Waals surface area contributed by atoms with Gasteiger partial charge in [0.1, 0.15) is 9.93 Å². The summed E-state index contributed by atoms with van der Waals surface area (Å²) < 4.78 is 43.6. The van der Waals surface area contributed by atoms with Gasteiger partial charge in [-0.25, -0.2) is 0 Å². The van der Waals surface area contributed by atoms with Gasteiger partial charge in [0, 0.05) is 12.5 Å². The van der Waals surface area contributed by atoms with Crippen molar-refractivity contribution in [2.24, 2.45) is 5.41 Å². The number of benzene rings is 1. The fraction of sp³-hybridized carbons (Fsp3) is 0.647. The Hall–Kier alpha value is -0.413. The van der Waals surface area contributed by atoms with Crippen molar-refractivity contribution in [2.45, 2.75) is 56.4 Å². The molecule has 3 unspecified atom stereocenters. The third-order valence-electron chi connectivity index (χ3n) is 5.22. The second kappa shape index (κ2) is 6.05. The number of hydrogen-bond acceptors (Lipinski definition) is 3. The normalized spacial score (nSPS) is 34.5. The van der Waals surface area contributed by atoms with Crippen LogP contribution >= 0.6 is 15.9 Å². The van der Waals surface area contributed by atoms with Gasteiger partial charge in [-0.05, 0) is 31.5 Å². The van der Waals surface area contributed by atoms with Crippen LogP contribution in [0.5, 0.6) is 0 Å². The van der Waals surface area contributed by atoms with E-state index in [0.29, 0.717) is 5.56 Å². The largest absolute Gasteiger partial charge is 0.416 e. The van der Waals surface area contributed by atoms with Gasteiger partial charge in [-0.2, -0.15) is 18.2 Å². The maximum atomic E-state index is 12.9. The summed E-state index contributed by atoms with van der Waals surface area (Å²) in [4.78, 5) is 6.16. The van der Waals surface area contributed by atoms with Gasteiger partial charge >= 0.3 is 6.18 Å². The van der Waals surface area contributed by atoms with Gasteiger partial charge in [0.25, 0.3) is 0 Å². The van der Waals surface area contributed by atoms with Gasteiger partial charge in [0.2, 0.25) is 10.5 Å². The van der Waals surface area contributed by atoms with Crippen molar-refractivity contribution in [1.29, 1.82) is 0 Å². The first kappa shape index (κ1) is 20.9. The summed E-state index contributed by atoms with van der Waals surface area (Å²) in [5.41, 5.74) is -2.38. The van der Waals surface area contributed by atoms with Crippen LogP contribution in [0.1, 0.15) is 45.7 Å². The molecular weight excluding hydrogens is 415 g/mol. The Morgan fingerprint density at radius 1 is 1.12 bits per heavy atom. The highest BCUT2D eigenvalue weighted by atomic mass is 79.9. The van der Waals surface area contributed by atoms with Crippen LogP contribution in [0.2, 0.25) is 0 Å². The molecule has 1 fully saturated rings. The predicted molar refractivity (Wildman–Crippen MR) is 94.0 cm³/mol. The van der Waals surface area contributed by atoms with Crippen molar-refractivity contribution in [3.63, 3.8) is 0 Å². The molecule has 2 rings (SSSR count). The van der Waals surface area contributed by atoms with Crippen LogP contribution in [0.3, 0.4) is 0 Å². The lowest BCUT2D eigenvalue weighted by Crippen LogP contribution is -2.65. The lowest BCUT2D eigenvalue weighted by molar-refractivity contribution is -0.269. The summed E-state index contributed by atoms with van der Waals surface area (Å²) in [6.07, 6.45) is -4.38. The number of rotatable bonds is 2. The molecule has 3 nitrogen and oxygen atoms in total. The molecule has 1 aromatic carbocycles. The molecule has 1 aliphatic rings. The van der Waals surface area contributed by atoms with E-state index in [1.54, 1.807) is 12.1 Å². The molecule has 0 amide bonds. The minimum Gasteiger partial charge on any atom is -0.398 e. The third-order valence-corrected chi connectivity index (χ3v) is 6.81. The van der Waals surface area contributed by atoms with Gasteiger partial charge in [-0.1, -0.05) is 48.8 Å². The minimum atomic E-state index is -4.38. The van der Waals surface area contributed by atoms with E-state index in [2.05, 4.69) is 26.4 Å². The second-order valence-corrected chi connectivity index (χ2v) is 9.49. The Balaban J connectivity index is 2.59. The molecule has 0 saturated carbocycles. The minimum absolute atomic E-state index is 0.397. The lowest BCUT2D eigenvalue weighted by Gasteiger charge is -2.51. The van der Waals surface area contributed by atoms with E-state index >= 15 is 0 Å². The van der Waals surface area contributed by atoms with Crippen LogP contribution in [-0.4, -0.2) is 32.6 Å². The summed E-state index contributed by atoms with van der Waals surface area (Å²) in [5, 5.41) is 1.62. The molecule has 25 heavy (non-hydrogen) atoms. The molecule has 8 heteroatoms. The van der Waals surface area contributed by atoms with Crippen molar-refractivity contribution in [2.75, 3.05) is 7.05 Å². The van der Waals surface area contributed by atoms with Gasteiger partial charge in [0.15, 0.2) is 5.72 Å². The summed E-state index contributed by atoms with van der Waals surface area (Å²) in [5.74, 6) is 0. The average Bonchev–Trinajstić information content (AvgIpc) is 2.61. The van der Waals surface area contributed by atoms with E-state index < -0.39 is 32.8 Å². The smallest absolute Gasteiger partial charge is 0.398 e. The quantitative estimate of drug-likeness (QED) is 0.491. The molecule has 1 heterocycles. The maximum Gasteiger partial charge on any atom is 0.416 e. The molecule has 3 atom stereocenters. The number of halogens is 4. The highest BCUT2D eigenvalue weighted by Gasteiger charge is 2.72. The average molecular weight is 437 g/mol. The fourth-order valence-corrected chi connectivity index (χ4v) is 5.85. The van der Waals surface area contributed by atoms with Gasteiger partial charge in [0.05, 0.1) is 5.56 Å². The van der Waals surface area contributed by atoms with E-state index in [4.69, 9.17) is 9.26 Å². The molecule has 0 bridgehead atoms. The molecule has 1 aliphatic heterocycles. The van der Waals surface area contributed by atoms with Gasteiger partial charge in [-0.3, -0.25) is 4.84 Å². The Kier molecular flexibility index (Phi) is 5.06. The van der Waals surface area contributed by atoms with Crippen molar-refractivity contribution >= 4 is 26.4 Å². The summed E-state index contributed by atoms with van der Waals surface area (Å²) in [6.45, 7) is 9.76. The molecule has 0 aromatic heterocycles. The zero-order chi connectivity index (χ0) is 19.5. The molecule has 0 N–H and O–H groups in total. The summed E-state index contributed by atoms with van der Waals surface area (Å²) in [7, 11) is 4.95. The number of hydroxylamine groups is 2. The fourth-order valence-electron chi connectivity index (χ4n) is 3.83. The topological polar surface area (TPSA) is 21.7 Å². The van der Waals surface area contributed by atoms with Crippen molar-refractivity contribution in [3.05, 3.63) is 35.4 Å². The number of hydrogen-bond donors (Lipinski definition) is 0. The molecule has 3 radical (unpaired) electrons. The summed E-state index contributed by atoms with van der Waals surface area (Å²) >= 11 is 3.77. The molecule has 1 aromatic rings. The zero-order valence-corrected chi connectivity index (χ0v) is 17.7. The molecule has 139 valence electrons. The Morgan fingerprint density at radius 3 is 1.92 bits per heavy atom. The van der Waals surface area contributed by atoms with Crippen molar-refractivity contribution in [1.82, 2.24) is 5.06 Å². The van der Waals surface area contributed by atoms with E-state index in [0.717, 1.165) is 12.1 Å². The van der Waals surface area contributed by atoms with Crippen LogP contribution in [0, 0.1) is 5.41 Å². The summed E-state index contributed by atoms with van der Waals surface area (Å²) in [6, 6.07) is 5.03. The van der Waals surface area contributed by atoms with Gasteiger partial charge in [-0.15, -0.1) is 0 Å². The second-order valence-electron chi connectivity index (χ2n) is 7.70.